The number of nitrogens with zero attached hydrogens (tertiary/aromatic N) is 1. The van der Waals surface area contributed by atoms with Crippen LogP contribution >= 0.6 is 0 Å². The number of ketones is 1. The van der Waals surface area contributed by atoms with E-state index in [0.717, 1.165) is 5.56 Å². The molecule has 0 aliphatic rings. The molecule has 0 bridgehead atoms. The van der Waals surface area contributed by atoms with Crippen LogP contribution in [-0.4, -0.2) is 22.6 Å². The van der Waals surface area contributed by atoms with Crippen molar-refractivity contribution in [3.8, 4) is 0 Å². The number of Topliss-reactive ketones (excluding diaryl/α,β-unsaturated/α-hetero) is 1. The monoisotopic (exact) mass is 337 g/mol. The molecule has 0 unspecified atom stereocenters. The van der Waals surface area contributed by atoms with Crippen LogP contribution in [0.2, 0.25) is 0 Å². The first-order valence-electron chi connectivity index (χ1n) is 7.69. The molecule has 0 saturated heterocycles. The highest BCUT2D eigenvalue weighted by molar-refractivity contribution is 6.09. The molecule has 0 atom stereocenters. The second-order valence-electron chi connectivity index (χ2n) is 5.62. The van der Waals surface area contributed by atoms with E-state index >= 15 is 0 Å². The van der Waals surface area contributed by atoms with Crippen molar-refractivity contribution in [2.24, 2.45) is 0 Å². The van der Waals surface area contributed by atoms with E-state index in [1.54, 1.807) is 43.5 Å². The average Bonchev–Trinajstić information content (AvgIpc) is 2.55. The van der Waals surface area contributed by atoms with Crippen molar-refractivity contribution < 1.29 is 14.4 Å². The number of carbonyl (C=O) groups excluding carboxylic acids is 3. The normalized spacial score (nSPS) is 10.9. The topological polar surface area (TPSA) is 88.2 Å². The number of carbonyl (C=O) groups is 3. The molecule has 1 aromatic carbocycles. The summed E-state index contributed by atoms with van der Waals surface area (Å²) in [6.45, 7) is 4.91. The van der Waals surface area contributed by atoms with Crippen molar-refractivity contribution >= 4 is 29.1 Å². The zero-order chi connectivity index (χ0) is 18.4. The standard InChI is InChI=1S/C19H19N3O3/c1-12-8-9-20-17(10-12)22-19(25)13(2)11-18(24)21-16-6-4-15(5-7-16)14(3)23/h4-11H,1-3H3,(H,21,24)(H,20,22,25)/b13-11-. The lowest BCUT2D eigenvalue weighted by atomic mass is 10.1. The smallest absolute Gasteiger partial charge is 0.252 e. The zero-order valence-electron chi connectivity index (χ0n) is 14.3. The van der Waals surface area contributed by atoms with E-state index in [0.29, 0.717) is 17.1 Å². The van der Waals surface area contributed by atoms with Crippen molar-refractivity contribution in [3.63, 3.8) is 0 Å². The van der Waals surface area contributed by atoms with Crippen LogP contribution in [0.15, 0.2) is 54.2 Å². The van der Waals surface area contributed by atoms with Crippen LogP contribution in [0.3, 0.4) is 0 Å². The quantitative estimate of drug-likeness (QED) is 0.648. The SMILES string of the molecule is CC(=O)c1ccc(NC(=O)/C=C(/C)C(=O)Nc2cc(C)ccn2)cc1. The molecular weight excluding hydrogens is 318 g/mol. The van der Waals surface area contributed by atoms with Gasteiger partial charge in [0.1, 0.15) is 5.82 Å². The first-order valence-corrected chi connectivity index (χ1v) is 7.69. The molecule has 0 saturated carbocycles. The van der Waals surface area contributed by atoms with Gasteiger partial charge in [-0.3, -0.25) is 14.4 Å². The van der Waals surface area contributed by atoms with Crippen molar-refractivity contribution in [2.75, 3.05) is 10.6 Å². The fourth-order valence-electron chi connectivity index (χ4n) is 2.05. The van der Waals surface area contributed by atoms with Gasteiger partial charge in [0.05, 0.1) is 0 Å². The molecule has 128 valence electrons. The molecule has 2 aromatic rings. The van der Waals surface area contributed by atoms with E-state index in [-0.39, 0.29) is 11.4 Å². The Morgan fingerprint density at radius 2 is 1.68 bits per heavy atom. The lowest BCUT2D eigenvalue weighted by Gasteiger charge is -2.06. The third-order valence-corrected chi connectivity index (χ3v) is 3.42. The molecule has 0 aliphatic heterocycles. The van der Waals surface area contributed by atoms with Crippen LogP contribution < -0.4 is 10.6 Å². The van der Waals surface area contributed by atoms with E-state index in [2.05, 4.69) is 15.6 Å². The molecule has 6 nitrogen and oxygen atoms in total. The van der Waals surface area contributed by atoms with Gasteiger partial charge in [-0.25, -0.2) is 4.98 Å². The molecule has 6 heteroatoms. The Hall–Kier alpha value is -3.28. The maximum Gasteiger partial charge on any atom is 0.252 e. The van der Waals surface area contributed by atoms with Gasteiger partial charge < -0.3 is 10.6 Å². The summed E-state index contributed by atoms with van der Waals surface area (Å²) in [5.74, 6) is -0.450. The predicted molar refractivity (Wildman–Crippen MR) is 96.4 cm³/mol. The minimum Gasteiger partial charge on any atom is -0.323 e. The summed E-state index contributed by atoms with van der Waals surface area (Å²) in [6, 6.07) is 10.1. The predicted octanol–water partition coefficient (Wildman–Crippen LogP) is 3.12. The summed E-state index contributed by atoms with van der Waals surface area (Å²) in [6.07, 6.45) is 2.81. The van der Waals surface area contributed by atoms with Gasteiger partial charge in [-0.15, -0.1) is 0 Å². The zero-order valence-corrected chi connectivity index (χ0v) is 14.3. The summed E-state index contributed by atoms with van der Waals surface area (Å²) in [5.41, 5.74) is 2.33. The van der Waals surface area contributed by atoms with Gasteiger partial charge in [0.15, 0.2) is 5.78 Å². The molecular formula is C19H19N3O3. The third kappa shape index (κ3) is 5.39. The highest BCUT2D eigenvalue weighted by atomic mass is 16.2. The number of amides is 2. The Morgan fingerprint density at radius 3 is 2.28 bits per heavy atom. The maximum absolute atomic E-state index is 12.1. The highest BCUT2D eigenvalue weighted by Crippen LogP contribution is 2.11. The maximum atomic E-state index is 12.1. The number of hydrogen-bond donors (Lipinski definition) is 2. The summed E-state index contributed by atoms with van der Waals surface area (Å²) in [7, 11) is 0. The Kier molecular flexibility index (Phi) is 5.79. The highest BCUT2D eigenvalue weighted by Gasteiger charge is 2.09. The Morgan fingerprint density at radius 1 is 1.00 bits per heavy atom. The lowest BCUT2D eigenvalue weighted by molar-refractivity contribution is -0.114. The van der Waals surface area contributed by atoms with Crippen LogP contribution in [0.5, 0.6) is 0 Å². The minimum absolute atomic E-state index is 0.0463. The molecule has 1 aromatic heterocycles. The van der Waals surface area contributed by atoms with Gasteiger partial charge in [0.2, 0.25) is 5.91 Å². The van der Waals surface area contributed by atoms with Crippen LogP contribution in [0.25, 0.3) is 0 Å². The number of aryl methyl sites for hydroxylation is 1. The molecule has 0 radical (unpaired) electrons. The second-order valence-corrected chi connectivity index (χ2v) is 5.62. The number of anilines is 2. The van der Waals surface area contributed by atoms with Gasteiger partial charge >= 0.3 is 0 Å². The number of nitrogens with one attached hydrogen (secondary N) is 2. The van der Waals surface area contributed by atoms with Crippen molar-refractivity contribution in [1.29, 1.82) is 0 Å². The van der Waals surface area contributed by atoms with Gasteiger partial charge in [-0.2, -0.15) is 0 Å². The van der Waals surface area contributed by atoms with E-state index < -0.39 is 11.8 Å². The average molecular weight is 337 g/mol. The van der Waals surface area contributed by atoms with Crippen LogP contribution in [0, 0.1) is 6.92 Å². The van der Waals surface area contributed by atoms with Crippen LogP contribution in [-0.2, 0) is 9.59 Å². The molecule has 25 heavy (non-hydrogen) atoms. The molecule has 1 heterocycles. The van der Waals surface area contributed by atoms with Crippen LogP contribution in [0.1, 0.15) is 29.8 Å². The fraction of sp³-hybridized carbons (Fsp3) is 0.158. The fourth-order valence-corrected chi connectivity index (χ4v) is 2.05. The Balaban J connectivity index is 1.99. The van der Waals surface area contributed by atoms with Gasteiger partial charge in [0.25, 0.3) is 5.91 Å². The number of aromatic nitrogens is 1. The number of rotatable bonds is 5. The molecule has 0 fully saturated rings. The Labute approximate surface area is 146 Å². The summed E-state index contributed by atoms with van der Waals surface area (Å²) >= 11 is 0. The molecule has 0 aliphatic carbocycles. The van der Waals surface area contributed by atoms with Crippen LogP contribution in [0.4, 0.5) is 11.5 Å². The Bertz CT molecular complexity index is 839. The lowest BCUT2D eigenvalue weighted by Crippen LogP contribution is -2.16. The third-order valence-electron chi connectivity index (χ3n) is 3.42. The minimum atomic E-state index is -0.430. The molecule has 2 N–H and O–H groups in total. The molecule has 2 rings (SSSR count). The van der Waals surface area contributed by atoms with Gasteiger partial charge in [-0.1, -0.05) is 0 Å². The van der Waals surface area contributed by atoms with Crippen molar-refractivity contribution in [2.45, 2.75) is 20.8 Å². The number of pyridine rings is 1. The molecule has 0 spiro atoms. The van der Waals surface area contributed by atoms with Crippen molar-refractivity contribution in [1.82, 2.24) is 4.98 Å². The number of benzene rings is 1. The van der Waals surface area contributed by atoms with Gasteiger partial charge in [-0.05, 0) is 62.7 Å². The summed E-state index contributed by atoms with van der Waals surface area (Å²) in [5, 5.41) is 5.28. The summed E-state index contributed by atoms with van der Waals surface area (Å²) < 4.78 is 0. The number of hydrogen-bond acceptors (Lipinski definition) is 4. The van der Waals surface area contributed by atoms with E-state index in [1.165, 1.54) is 13.0 Å². The van der Waals surface area contributed by atoms with E-state index in [9.17, 15) is 14.4 Å². The summed E-state index contributed by atoms with van der Waals surface area (Å²) in [4.78, 5) is 39.4. The van der Waals surface area contributed by atoms with Gasteiger partial charge in [0, 0.05) is 29.1 Å². The second kappa shape index (κ2) is 8.01. The molecule has 2 amide bonds. The first-order chi connectivity index (χ1) is 11.8. The van der Waals surface area contributed by atoms with Crippen molar-refractivity contribution in [3.05, 3.63) is 65.4 Å². The largest absolute Gasteiger partial charge is 0.323 e. The first kappa shape index (κ1) is 18.1. The van der Waals surface area contributed by atoms with E-state index in [1.807, 2.05) is 13.0 Å². The van der Waals surface area contributed by atoms with E-state index in [4.69, 9.17) is 0 Å².